The van der Waals surface area contributed by atoms with E-state index < -0.39 is 12.3 Å². The minimum absolute atomic E-state index is 0.0480. The van der Waals surface area contributed by atoms with Crippen LogP contribution in [-0.2, 0) is 20.1 Å². The molecule has 1 aliphatic carbocycles. The quantitative estimate of drug-likeness (QED) is 0.591. The Morgan fingerprint density at radius 1 is 1.10 bits per heavy atom. The highest BCUT2D eigenvalue weighted by atomic mass is 19.1. The molecule has 6 heteroatoms. The number of ether oxygens (including phenoxy) is 1. The Hall–Kier alpha value is -3.15. The van der Waals surface area contributed by atoms with Gasteiger partial charge < -0.3 is 9.64 Å². The lowest BCUT2D eigenvalue weighted by molar-refractivity contribution is 0.0608. The first-order valence-electron chi connectivity index (χ1n) is 10.9. The Balaban J connectivity index is 1.31. The van der Waals surface area contributed by atoms with E-state index >= 15 is 0 Å². The van der Waals surface area contributed by atoms with E-state index in [9.17, 15) is 9.18 Å². The number of aromatic nitrogens is 2. The van der Waals surface area contributed by atoms with E-state index in [2.05, 4.69) is 17.2 Å². The van der Waals surface area contributed by atoms with Gasteiger partial charge in [-0.2, -0.15) is 5.10 Å². The molecule has 1 fully saturated rings. The second-order valence-electron chi connectivity index (χ2n) is 8.51. The summed E-state index contributed by atoms with van der Waals surface area (Å²) < 4.78 is 22.1. The van der Waals surface area contributed by atoms with E-state index in [1.807, 2.05) is 48.6 Å². The lowest BCUT2D eigenvalue weighted by Crippen LogP contribution is -2.32. The van der Waals surface area contributed by atoms with Crippen LogP contribution in [0.1, 0.15) is 47.2 Å². The highest BCUT2D eigenvalue weighted by Crippen LogP contribution is 2.35. The molecule has 0 radical (unpaired) electrons. The van der Waals surface area contributed by atoms with Crippen molar-refractivity contribution in [2.75, 3.05) is 0 Å². The molecule has 1 saturated carbocycles. The van der Waals surface area contributed by atoms with Crippen LogP contribution in [-0.4, -0.2) is 32.9 Å². The van der Waals surface area contributed by atoms with Gasteiger partial charge in [0.15, 0.2) is 0 Å². The molecule has 0 spiro atoms. The van der Waals surface area contributed by atoms with Gasteiger partial charge in [-0.3, -0.25) is 9.48 Å². The fraction of sp³-hybridized carbons (Fsp3) is 0.360. The van der Waals surface area contributed by atoms with Crippen LogP contribution in [0.5, 0.6) is 5.75 Å². The second-order valence-corrected chi connectivity index (χ2v) is 8.51. The minimum atomic E-state index is -0.962. The van der Waals surface area contributed by atoms with E-state index in [1.165, 1.54) is 0 Å². The molecule has 0 N–H and O–H groups in total. The third-order valence-electron chi connectivity index (χ3n) is 6.24. The first-order chi connectivity index (χ1) is 15.1. The zero-order valence-electron chi connectivity index (χ0n) is 17.6. The summed E-state index contributed by atoms with van der Waals surface area (Å²) in [6, 6.07) is 13.9. The third-order valence-corrected chi connectivity index (χ3v) is 6.24. The summed E-state index contributed by atoms with van der Waals surface area (Å²) in [6.45, 7) is 1.06. The molecular formula is C25H26FN3O2. The Morgan fingerprint density at radius 3 is 2.65 bits per heavy atom. The molecule has 2 heterocycles. The highest BCUT2D eigenvalue weighted by Gasteiger charge is 2.33. The third kappa shape index (κ3) is 3.94. The summed E-state index contributed by atoms with van der Waals surface area (Å²) in [7, 11) is 1.90. The molecular weight excluding hydrogens is 393 g/mol. The summed E-state index contributed by atoms with van der Waals surface area (Å²) in [6.07, 6.45) is 5.50. The molecule has 0 unspecified atom stereocenters. The van der Waals surface area contributed by atoms with Crippen molar-refractivity contribution in [2.24, 2.45) is 7.05 Å². The molecule has 160 valence electrons. The zero-order valence-corrected chi connectivity index (χ0v) is 17.6. The van der Waals surface area contributed by atoms with Crippen molar-refractivity contribution in [3.05, 3.63) is 71.5 Å². The van der Waals surface area contributed by atoms with Crippen molar-refractivity contribution < 1.29 is 13.9 Å². The van der Waals surface area contributed by atoms with Gasteiger partial charge in [-0.25, -0.2) is 4.39 Å². The second kappa shape index (κ2) is 8.17. The fourth-order valence-corrected chi connectivity index (χ4v) is 4.55. The fourth-order valence-electron chi connectivity index (χ4n) is 4.55. The van der Waals surface area contributed by atoms with Gasteiger partial charge in [0.1, 0.15) is 18.0 Å². The number of benzene rings is 2. The highest BCUT2D eigenvalue weighted by molar-refractivity contribution is 6.01. The summed E-state index contributed by atoms with van der Waals surface area (Å²) in [5.74, 6) is 0.472. The number of amides is 1. The van der Waals surface area contributed by atoms with Crippen LogP contribution in [0.2, 0.25) is 0 Å². The molecule has 5 rings (SSSR count). The van der Waals surface area contributed by atoms with Crippen molar-refractivity contribution in [2.45, 2.75) is 51.0 Å². The molecule has 1 aliphatic heterocycles. The summed E-state index contributed by atoms with van der Waals surface area (Å²) in [5, 5.41) is 4.21. The number of rotatable bonds is 5. The number of fused-ring (bicyclic) bond motifs is 1. The summed E-state index contributed by atoms with van der Waals surface area (Å²) in [5.41, 5.74) is 4.76. The monoisotopic (exact) mass is 419 g/mol. The number of carbonyl (C=O) groups is 1. The van der Waals surface area contributed by atoms with E-state index in [4.69, 9.17) is 4.74 Å². The molecule has 0 saturated heterocycles. The standard InChI is InChI=1S/C25H26FN3O2/c1-28-15-20(13-27-28)18-11-9-17(10-12-18)14-29-16-19-5-4-8-23(24(19)25(29)30)31-22-7-3-2-6-21(22)26/h4-5,8-13,15,21-22H,2-3,6-7,14,16H2,1H3/t21-,22-/m0/s1. The minimum Gasteiger partial charge on any atom is -0.487 e. The van der Waals surface area contributed by atoms with Crippen LogP contribution < -0.4 is 4.74 Å². The first-order valence-corrected chi connectivity index (χ1v) is 10.9. The molecule has 1 aromatic heterocycles. The summed E-state index contributed by atoms with van der Waals surface area (Å²) in [4.78, 5) is 15.0. The number of carbonyl (C=O) groups excluding carboxylic acids is 1. The van der Waals surface area contributed by atoms with Gasteiger partial charge in [-0.05, 0) is 42.0 Å². The van der Waals surface area contributed by atoms with Crippen LogP contribution in [0.25, 0.3) is 11.1 Å². The van der Waals surface area contributed by atoms with Gasteiger partial charge in [-0.1, -0.05) is 42.8 Å². The first kappa shape index (κ1) is 19.8. The molecule has 2 aliphatic rings. The molecule has 3 aromatic rings. The number of nitrogens with zero attached hydrogens (tertiary/aromatic N) is 3. The predicted molar refractivity (Wildman–Crippen MR) is 116 cm³/mol. The van der Waals surface area contributed by atoms with E-state index in [1.54, 1.807) is 10.7 Å². The molecule has 1 amide bonds. The number of hydrogen-bond acceptors (Lipinski definition) is 3. The lowest BCUT2D eigenvalue weighted by Gasteiger charge is -2.27. The van der Waals surface area contributed by atoms with Gasteiger partial charge in [0, 0.05) is 31.9 Å². The zero-order chi connectivity index (χ0) is 21.4. The van der Waals surface area contributed by atoms with Crippen molar-refractivity contribution >= 4 is 5.91 Å². The Bertz CT molecular complexity index is 1090. The molecule has 31 heavy (non-hydrogen) atoms. The van der Waals surface area contributed by atoms with Gasteiger partial charge in [0.2, 0.25) is 0 Å². The number of aryl methyl sites for hydroxylation is 1. The maximum absolute atomic E-state index is 14.3. The van der Waals surface area contributed by atoms with E-state index in [0.29, 0.717) is 37.2 Å². The maximum atomic E-state index is 14.3. The van der Waals surface area contributed by atoms with E-state index in [-0.39, 0.29) is 5.91 Å². The van der Waals surface area contributed by atoms with E-state index in [0.717, 1.165) is 35.1 Å². The van der Waals surface area contributed by atoms with Crippen LogP contribution in [0.3, 0.4) is 0 Å². The predicted octanol–water partition coefficient (Wildman–Crippen LogP) is 4.90. The van der Waals surface area contributed by atoms with Crippen molar-refractivity contribution in [3.8, 4) is 16.9 Å². The Morgan fingerprint density at radius 2 is 1.90 bits per heavy atom. The van der Waals surface area contributed by atoms with Gasteiger partial charge in [0.05, 0.1) is 11.8 Å². The number of alkyl halides is 1. The van der Waals surface area contributed by atoms with Gasteiger partial charge in [0.25, 0.3) is 5.91 Å². The van der Waals surface area contributed by atoms with Crippen LogP contribution in [0.4, 0.5) is 4.39 Å². The van der Waals surface area contributed by atoms with Crippen molar-refractivity contribution in [1.29, 1.82) is 0 Å². The largest absolute Gasteiger partial charge is 0.487 e. The van der Waals surface area contributed by atoms with Crippen LogP contribution in [0.15, 0.2) is 54.9 Å². The van der Waals surface area contributed by atoms with Gasteiger partial charge in [-0.15, -0.1) is 0 Å². The van der Waals surface area contributed by atoms with Crippen LogP contribution in [0, 0.1) is 0 Å². The molecule has 2 aromatic carbocycles. The van der Waals surface area contributed by atoms with Crippen molar-refractivity contribution in [3.63, 3.8) is 0 Å². The Kier molecular flexibility index (Phi) is 5.22. The summed E-state index contributed by atoms with van der Waals surface area (Å²) >= 11 is 0. The average molecular weight is 420 g/mol. The number of halogens is 1. The molecule has 5 nitrogen and oxygen atoms in total. The normalized spacial score (nSPS) is 20.7. The van der Waals surface area contributed by atoms with Gasteiger partial charge >= 0.3 is 0 Å². The maximum Gasteiger partial charge on any atom is 0.258 e. The SMILES string of the molecule is Cn1cc(-c2ccc(CN3Cc4cccc(O[C@H]5CCCC[C@@H]5F)c4C3=O)cc2)cn1. The Labute approximate surface area is 181 Å². The molecule has 2 atom stereocenters. The number of hydrogen-bond donors (Lipinski definition) is 0. The lowest BCUT2D eigenvalue weighted by atomic mass is 9.95. The van der Waals surface area contributed by atoms with Crippen molar-refractivity contribution in [1.82, 2.24) is 14.7 Å². The smallest absolute Gasteiger partial charge is 0.258 e. The molecule has 0 bridgehead atoms. The topological polar surface area (TPSA) is 47.4 Å². The average Bonchev–Trinajstić information content (AvgIpc) is 3.34. The van der Waals surface area contributed by atoms with Crippen LogP contribution >= 0.6 is 0 Å².